The van der Waals surface area contributed by atoms with Gasteiger partial charge in [-0.3, -0.25) is 4.98 Å². The molecule has 2 rings (SSSR count). The van der Waals surface area contributed by atoms with Crippen LogP contribution in [0, 0.1) is 5.82 Å². The van der Waals surface area contributed by atoms with Gasteiger partial charge < -0.3 is 5.32 Å². The van der Waals surface area contributed by atoms with Gasteiger partial charge >= 0.3 is 0 Å². The zero-order valence-electron chi connectivity index (χ0n) is 12.7. The van der Waals surface area contributed by atoms with E-state index in [0.29, 0.717) is 0 Å². The molecule has 0 saturated carbocycles. The van der Waals surface area contributed by atoms with E-state index >= 15 is 0 Å². The number of halogens is 1. The second-order valence-electron chi connectivity index (χ2n) is 5.42. The Balaban J connectivity index is 2.10. The number of nitrogens with zero attached hydrogens (tertiary/aromatic N) is 1. The number of rotatable bonds is 7. The van der Waals surface area contributed by atoms with Crippen molar-refractivity contribution < 1.29 is 4.39 Å². The third kappa shape index (κ3) is 4.64. The zero-order valence-corrected chi connectivity index (χ0v) is 12.7. The first-order valence-corrected chi connectivity index (χ1v) is 7.62. The van der Waals surface area contributed by atoms with Crippen LogP contribution in [0.15, 0.2) is 48.8 Å². The van der Waals surface area contributed by atoms with Gasteiger partial charge in [0.15, 0.2) is 0 Å². The summed E-state index contributed by atoms with van der Waals surface area (Å²) < 4.78 is 13.1. The molecule has 0 amide bonds. The minimum absolute atomic E-state index is 0.185. The van der Waals surface area contributed by atoms with Crippen LogP contribution >= 0.6 is 0 Å². The molecule has 0 saturated heterocycles. The highest BCUT2D eigenvalue weighted by molar-refractivity contribution is 5.21. The van der Waals surface area contributed by atoms with Gasteiger partial charge in [0.1, 0.15) is 5.82 Å². The first-order valence-electron chi connectivity index (χ1n) is 7.62. The Morgan fingerprint density at radius 3 is 2.33 bits per heavy atom. The van der Waals surface area contributed by atoms with Crippen molar-refractivity contribution in [2.24, 2.45) is 0 Å². The molecule has 2 aromatic rings. The largest absolute Gasteiger partial charge is 0.303 e. The molecule has 2 nitrogen and oxygen atoms in total. The second kappa shape index (κ2) is 7.89. The van der Waals surface area contributed by atoms with Crippen molar-refractivity contribution in [3.05, 3.63) is 65.7 Å². The Morgan fingerprint density at radius 2 is 1.71 bits per heavy atom. The number of pyridine rings is 1. The summed E-state index contributed by atoms with van der Waals surface area (Å²) in [5.74, 6) is -0.185. The molecule has 0 spiro atoms. The van der Waals surface area contributed by atoms with Crippen molar-refractivity contribution in [1.29, 1.82) is 0 Å². The zero-order chi connectivity index (χ0) is 15.1. The summed E-state index contributed by atoms with van der Waals surface area (Å²) in [6, 6.07) is 11.4. The van der Waals surface area contributed by atoms with E-state index in [9.17, 15) is 4.39 Å². The maximum atomic E-state index is 13.1. The molecule has 0 bridgehead atoms. The van der Waals surface area contributed by atoms with Gasteiger partial charge in [0.25, 0.3) is 0 Å². The average Bonchev–Trinajstić information content (AvgIpc) is 2.53. The number of benzene rings is 1. The van der Waals surface area contributed by atoms with Crippen molar-refractivity contribution in [1.82, 2.24) is 10.3 Å². The predicted octanol–water partition coefficient (Wildman–Crippen LogP) is 4.80. The van der Waals surface area contributed by atoms with Crippen LogP contribution in [0.5, 0.6) is 0 Å². The van der Waals surface area contributed by atoms with E-state index in [0.717, 1.165) is 24.8 Å². The average molecular weight is 286 g/mol. The van der Waals surface area contributed by atoms with E-state index in [4.69, 9.17) is 0 Å². The first kappa shape index (κ1) is 15.6. The quantitative estimate of drug-likeness (QED) is 0.790. The van der Waals surface area contributed by atoms with E-state index in [-0.39, 0.29) is 17.9 Å². The molecule has 1 aromatic carbocycles. The summed E-state index contributed by atoms with van der Waals surface area (Å²) >= 11 is 0. The van der Waals surface area contributed by atoms with Crippen LogP contribution in [0.2, 0.25) is 0 Å². The summed E-state index contributed by atoms with van der Waals surface area (Å²) in [5.41, 5.74) is 2.36. The normalized spacial score (nSPS) is 13.9. The molecule has 3 heteroatoms. The Hall–Kier alpha value is -1.74. The van der Waals surface area contributed by atoms with E-state index in [1.54, 1.807) is 0 Å². The van der Waals surface area contributed by atoms with Crippen molar-refractivity contribution in [2.75, 3.05) is 0 Å². The van der Waals surface area contributed by atoms with Gasteiger partial charge in [-0.1, -0.05) is 31.9 Å². The number of aromatic nitrogens is 1. The maximum Gasteiger partial charge on any atom is 0.123 e. The molecular formula is C18H23FN2. The van der Waals surface area contributed by atoms with Crippen molar-refractivity contribution in [2.45, 2.75) is 45.2 Å². The van der Waals surface area contributed by atoms with Gasteiger partial charge in [0.2, 0.25) is 0 Å². The molecular weight excluding hydrogens is 263 g/mol. The second-order valence-corrected chi connectivity index (χ2v) is 5.42. The standard InChI is InChI=1S/C18H23FN2/c1-3-4-5-18(16-6-8-17(19)9-7-16)21-14(2)15-10-12-20-13-11-15/h6-14,18,21H,3-5H2,1-2H3/t14-,18?/m1/s1. The monoisotopic (exact) mass is 286 g/mol. The minimum Gasteiger partial charge on any atom is -0.303 e. The lowest BCUT2D eigenvalue weighted by molar-refractivity contribution is 0.431. The van der Waals surface area contributed by atoms with E-state index in [1.165, 1.54) is 17.7 Å². The van der Waals surface area contributed by atoms with E-state index < -0.39 is 0 Å². The lowest BCUT2D eigenvalue weighted by Gasteiger charge is -2.24. The minimum atomic E-state index is -0.185. The summed E-state index contributed by atoms with van der Waals surface area (Å²) in [4.78, 5) is 4.05. The lowest BCUT2D eigenvalue weighted by Crippen LogP contribution is -2.24. The van der Waals surface area contributed by atoms with Gasteiger partial charge in [0, 0.05) is 24.5 Å². The molecule has 112 valence electrons. The first-order chi connectivity index (χ1) is 10.2. The van der Waals surface area contributed by atoms with E-state index in [2.05, 4.69) is 24.1 Å². The Kier molecular flexibility index (Phi) is 5.88. The Bertz CT molecular complexity index is 525. The summed E-state index contributed by atoms with van der Waals surface area (Å²) in [7, 11) is 0. The van der Waals surface area contributed by atoms with Crippen molar-refractivity contribution in [3.8, 4) is 0 Å². The number of nitrogens with one attached hydrogen (secondary N) is 1. The molecule has 2 atom stereocenters. The summed E-state index contributed by atoms with van der Waals surface area (Å²) in [6.45, 7) is 4.34. The van der Waals surface area contributed by atoms with Gasteiger partial charge in [-0.25, -0.2) is 4.39 Å². The van der Waals surface area contributed by atoms with E-state index in [1.807, 2.05) is 36.7 Å². The smallest absolute Gasteiger partial charge is 0.123 e. The van der Waals surface area contributed by atoms with Crippen LogP contribution in [0.1, 0.15) is 56.3 Å². The Labute approximate surface area is 126 Å². The molecule has 1 unspecified atom stereocenters. The highest BCUT2D eigenvalue weighted by Crippen LogP contribution is 2.24. The number of hydrogen-bond donors (Lipinski definition) is 1. The van der Waals surface area contributed by atoms with Crippen LogP contribution < -0.4 is 5.32 Å². The number of unbranched alkanes of at least 4 members (excludes halogenated alkanes) is 1. The SMILES string of the molecule is CCCCC(N[C@H](C)c1ccncc1)c1ccc(F)cc1. The van der Waals surface area contributed by atoms with Crippen LogP contribution in [0.4, 0.5) is 4.39 Å². The van der Waals surface area contributed by atoms with Crippen molar-refractivity contribution in [3.63, 3.8) is 0 Å². The molecule has 21 heavy (non-hydrogen) atoms. The molecule has 1 aromatic heterocycles. The fraction of sp³-hybridized carbons (Fsp3) is 0.389. The fourth-order valence-electron chi connectivity index (χ4n) is 2.50. The van der Waals surface area contributed by atoms with Gasteiger partial charge in [-0.05, 0) is 48.7 Å². The van der Waals surface area contributed by atoms with Crippen molar-refractivity contribution >= 4 is 0 Å². The van der Waals surface area contributed by atoms with Gasteiger partial charge in [0.05, 0.1) is 0 Å². The number of hydrogen-bond acceptors (Lipinski definition) is 2. The Morgan fingerprint density at radius 1 is 1.05 bits per heavy atom. The highest BCUT2D eigenvalue weighted by Gasteiger charge is 2.15. The van der Waals surface area contributed by atoms with Crippen LogP contribution in [0.3, 0.4) is 0 Å². The van der Waals surface area contributed by atoms with Crippen LogP contribution in [-0.4, -0.2) is 4.98 Å². The molecule has 1 heterocycles. The highest BCUT2D eigenvalue weighted by atomic mass is 19.1. The predicted molar refractivity (Wildman–Crippen MR) is 84.5 cm³/mol. The molecule has 0 fully saturated rings. The lowest BCUT2D eigenvalue weighted by atomic mass is 9.99. The third-order valence-electron chi connectivity index (χ3n) is 3.78. The van der Waals surface area contributed by atoms with Gasteiger partial charge in [-0.2, -0.15) is 0 Å². The van der Waals surface area contributed by atoms with Crippen LogP contribution in [0.25, 0.3) is 0 Å². The molecule has 0 radical (unpaired) electrons. The summed E-state index contributed by atoms with van der Waals surface area (Å²) in [6.07, 6.45) is 6.98. The fourth-order valence-corrected chi connectivity index (χ4v) is 2.50. The van der Waals surface area contributed by atoms with Crippen LogP contribution in [-0.2, 0) is 0 Å². The van der Waals surface area contributed by atoms with Gasteiger partial charge in [-0.15, -0.1) is 0 Å². The third-order valence-corrected chi connectivity index (χ3v) is 3.78. The topological polar surface area (TPSA) is 24.9 Å². The molecule has 0 aliphatic rings. The molecule has 0 aliphatic heterocycles. The molecule has 0 aliphatic carbocycles. The maximum absolute atomic E-state index is 13.1. The molecule has 1 N–H and O–H groups in total. The summed E-state index contributed by atoms with van der Waals surface area (Å²) in [5, 5.41) is 3.65.